The number of amides is 2. The van der Waals surface area contributed by atoms with Gasteiger partial charge < -0.3 is 20.4 Å². The van der Waals surface area contributed by atoms with Crippen LogP contribution in [-0.4, -0.2) is 51.8 Å². The maximum Gasteiger partial charge on any atom is 0.328 e. The highest BCUT2D eigenvalue weighted by atomic mass is 16.4. The molecular formula is C12H22N2O4. The van der Waals surface area contributed by atoms with E-state index in [4.69, 9.17) is 5.11 Å². The molecule has 0 aromatic rings. The van der Waals surface area contributed by atoms with E-state index in [1.54, 1.807) is 4.90 Å². The lowest BCUT2D eigenvalue weighted by atomic mass is 10.2. The predicted molar refractivity (Wildman–Crippen MR) is 66.2 cm³/mol. The average molecular weight is 258 g/mol. The minimum Gasteiger partial charge on any atom is -0.480 e. The quantitative estimate of drug-likeness (QED) is 0.652. The summed E-state index contributed by atoms with van der Waals surface area (Å²) in [5.74, 6) is -0.693. The van der Waals surface area contributed by atoms with E-state index in [0.717, 1.165) is 12.8 Å². The van der Waals surface area contributed by atoms with E-state index in [1.165, 1.54) is 6.92 Å². The Bertz CT molecular complexity index is 313. The Kier molecular flexibility index (Phi) is 4.95. The number of hydrogen-bond donors (Lipinski definition) is 3. The van der Waals surface area contributed by atoms with Crippen LogP contribution in [0, 0.1) is 5.92 Å². The van der Waals surface area contributed by atoms with Crippen molar-refractivity contribution in [3.05, 3.63) is 0 Å². The van der Waals surface area contributed by atoms with Crippen molar-refractivity contribution in [1.29, 1.82) is 0 Å². The number of hydrogen-bond acceptors (Lipinski definition) is 3. The molecule has 18 heavy (non-hydrogen) atoms. The number of carbonyl (C=O) groups is 2. The third-order valence-corrected chi connectivity index (χ3v) is 3.06. The fourth-order valence-electron chi connectivity index (χ4n) is 1.71. The minimum absolute atomic E-state index is 0.00837. The minimum atomic E-state index is -1.27. The highest BCUT2D eigenvalue weighted by Gasteiger charge is 2.31. The number of carbonyl (C=O) groups excluding carboxylic acids is 1. The van der Waals surface area contributed by atoms with Crippen LogP contribution in [0.3, 0.4) is 0 Å². The molecule has 1 fully saturated rings. The molecule has 3 N–H and O–H groups in total. The van der Waals surface area contributed by atoms with Crippen molar-refractivity contribution in [3.63, 3.8) is 0 Å². The Morgan fingerprint density at radius 2 is 1.89 bits per heavy atom. The Morgan fingerprint density at radius 1 is 1.33 bits per heavy atom. The highest BCUT2D eigenvalue weighted by molar-refractivity contribution is 5.83. The highest BCUT2D eigenvalue weighted by Crippen LogP contribution is 2.30. The van der Waals surface area contributed by atoms with Crippen LogP contribution in [-0.2, 0) is 4.79 Å². The van der Waals surface area contributed by atoms with Crippen LogP contribution in [0.2, 0.25) is 0 Å². The van der Waals surface area contributed by atoms with Gasteiger partial charge in [-0.3, -0.25) is 0 Å². The second-order valence-corrected chi connectivity index (χ2v) is 5.20. The fourth-order valence-corrected chi connectivity index (χ4v) is 1.71. The Morgan fingerprint density at radius 3 is 2.22 bits per heavy atom. The average Bonchev–Trinajstić information content (AvgIpc) is 3.04. The summed E-state index contributed by atoms with van der Waals surface area (Å²) >= 11 is 0. The number of nitrogens with zero attached hydrogens (tertiary/aromatic N) is 1. The standard InChI is InChI=1S/C12H22N2O4/c1-7(2)14(6-9-4-5-9)12(18)13-10(8(3)15)11(16)17/h7-10,15H,4-6H2,1-3H3,(H,13,18)(H,16,17). The summed E-state index contributed by atoms with van der Waals surface area (Å²) in [5, 5.41) is 20.6. The molecule has 1 rings (SSSR count). The van der Waals surface area contributed by atoms with Crippen LogP contribution in [0.25, 0.3) is 0 Å². The lowest BCUT2D eigenvalue weighted by Gasteiger charge is -2.29. The smallest absolute Gasteiger partial charge is 0.328 e. The molecule has 1 saturated carbocycles. The number of nitrogens with one attached hydrogen (secondary N) is 1. The van der Waals surface area contributed by atoms with Gasteiger partial charge in [-0.25, -0.2) is 9.59 Å². The van der Waals surface area contributed by atoms with E-state index in [-0.39, 0.29) is 6.04 Å². The van der Waals surface area contributed by atoms with Gasteiger partial charge in [0.15, 0.2) is 6.04 Å². The molecule has 0 radical (unpaired) electrons. The zero-order valence-corrected chi connectivity index (χ0v) is 11.1. The third-order valence-electron chi connectivity index (χ3n) is 3.06. The summed E-state index contributed by atoms with van der Waals surface area (Å²) in [6, 6.07) is -1.68. The SMILES string of the molecule is CC(O)C(NC(=O)N(CC1CC1)C(C)C)C(=O)O. The molecule has 2 amide bonds. The molecule has 0 aliphatic heterocycles. The molecule has 2 atom stereocenters. The summed E-state index contributed by atoms with van der Waals surface area (Å²) in [6.45, 7) is 5.77. The fraction of sp³-hybridized carbons (Fsp3) is 0.833. The van der Waals surface area contributed by atoms with E-state index < -0.39 is 24.1 Å². The monoisotopic (exact) mass is 258 g/mol. The molecule has 0 spiro atoms. The normalized spacial score (nSPS) is 18.3. The number of carboxylic acid groups (broad SMARTS) is 1. The van der Waals surface area contributed by atoms with Gasteiger partial charge in [0.1, 0.15) is 0 Å². The van der Waals surface area contributed by atoms with Crippen molar-refractivity contribution in [2.45, 2.75) is 51.8 Å². The first-order valence-corrected chi connectivity index (χ1v) is 6.31. The van der Waals surface area contributed by atoms with Gasteiger partial charge in [-0.1, -0.05) is 0 Å². The number of aliphatic carboxylic acids is 1. The van der Waals surface area contributed by atoms with Gasteiger partial charge >= 0.3 is 12.0 Å². The van der Waals surface area contributed by atoms with Crippen molar-refractivity contribution in [1.82, 2.24) is 10.2 Å². The summed E-state index contributed by atoms with van der Waals surface area (Å²) in [4.78, 5) is 24.5. The second kappa shape index (κ2) is 6.04. The molecular weight excluding hydrogens is 236 g/mol. The first kappa shape index (κ1) is 14.8. The zero-order valence-electron chi connectivity index (χ0n) is 11.1. The first-order chi connectivity index (χ1) is 8.32. The van der Waals surface area contributed by atoms with Crippen LogP contribution >= 0.6 is 0 Å². The Labute approximate surface area is 107 Å². The molecule has 0 aromatic carbocycles. The van der Waals surface area contributed by atoms with Crippen molar-refractivity contribution >= 4 is 12.0 Å². The number of carboxylic acids is 1. The molecule has 0 aromatic heterocycles. The van der Waals surface area contributed by atoms with Gasteiger partial charge in [0.2, 0.25) is 0 Å². The molecule has 0 bridgehead atoms. The van der Waals surface area contributed by atoms with Crippen molar-refractivity contribution in [3.8, 4) is 0 Å². The lowest BCUT2D eigenvalue weighted by Crippen LogP contribution is -2.54. The summed E-state index contributed by atoms with van der Waals surface area (Å²) in [6.07, 6.45) is 1.12. The molecule has 0 heterocycles. The van der Waals surface area contributed by atoms with Gasteiger partial charge in [0.25, 0.3) is 0 Å². The first-order valence-electron chi connectivity index (χ1n) is 6.31. The zero-order chi connectivity index (χ0) is 13.9. The molecule has 6 nitrogen and oxygen atoms in total. The molecule has 104 valence electrons. The van der Waals surface area contributed by atoms with E-state index in [1.807, 2.05) is 13.8 Å². The van der Waals surface area contributed by atoms with Gasteiger partial charge in [-0.2, -0.15) is 0 Å². The maximum absolute atomic E-state index is 12.0. The lowest BCUT2D eigenvalue weighted by molar-refractivity contribution is -0.141. The largest absolute Gasteiger partial charge is 0.480 e. The van der Waals surface area contributed by atoms with Gasteiger partial charge in [0, 0.05) is 12.6 Å². The van der Waals surface area contributed by atoms with Gasteiger partial charge in [-0.15, -0.1) is 0 Å². The van der Waals surface area contributed by atoms with Crippen LogP contribution < -0.4 is 5.32 Å². The van der Waals surface area contributed by atoms with E-state index in [0.29, 0.717) is 12.5 Å². The third kappa shape index (κ3) is 4.18. The molecule has 6 heteroatoms. The Balaban J connectivity index is 2.61. The summed E-state index contributed by atoms with van der Waals surface area (Å²) in [5.41, 5.74) is 0. The van der Waals surface area contributed by atoms with Crippen molar-refractivity contribution in [2.24, 2.45) is 5.92 Å². The van der Waals surface area contributed by atoms with Crippen molar-refractivity contribution in [2.75, 3.05) is 6.54 Å². The molecule has 1 aliphatic rings. The molecule has 1 aliphatic carbocycles. The van der Waals surface area contributed by atoms with Gasteiger partial charge in [-0.05, 0) is 39.5 Å². The van der Waals surface area contributed by atoms with Crippen LogP contribution in [0.5, 0.6) is 0 Å². The maximum atomic E-state index is 12.0. The van der Waals surface area contributed by atoms with Crippen LogP contribution in [0.1, 0.15) is 33.6 Å². The number of urea groups is 1. The van der Waals surface area contributed by atoms with Crippen LogP contribution in [0.4, 0.5) is 4.79 Å². The van der Waals surface area contributed by atoms with E-state index >= 15 is 0 Å². The van der Waals surface area contributed by atoms with Gasteiger partial charge in [0.05, 0.1) is 6.10 Å². The number of rotatable bonds is 6. The van der Waals surface area contributed by atoms with Crippen molar-refractivity contribution < 1.29 is 19.8 Å². The van der Waals surface area contributed by atoms with E-state index in [9.17, 15) is 14.7 Å². The van der Waals surface area contributed by atoms with E-state index in [2.05, 4.69) is 5.32 Å². The molecule has 2 unspecified atom stereocenters. The second-order valence-electron chi connectivity index (χ2n) is 5.20. The predicted octanol–water partition coefficient (Wildman–Crippen LogP) is 0.650. The topological polar surface area (TPSA) is 89.9 Å². The Hall–Kier alpha value is -1.30. The van der Waals surface area contributed by atoms with Crippen LogP contribution in [0.15, 0.2) is 0 Å². The number of aliphatic hydroxyl groups excluding tert-OH is 1. The molecule has 0 saturated heterocycles. The summed E-state index contributed by atoms with van der Waals surface area (Å²) in [7, 11) is 0. The summed E-state index contributed by atoms with van der Waals surface area (Å²) < 4.78 is 0. The number of aliphatic hydroxyl groups is 1.